The molecule has 108 valence electrons. The van der Waals surface area contributed by atoms with E-state index in [9.17, 15) is 18.3 Å². The maximum atomic E-state index is 12.2. The van der Waals surface area contributed by atoms with Crippen molar-refractivity contribution in [2.75, 3.05) is 6.61 Å². The van der Waals surface area contributed by atoms with Gasteiger partial charge in [0.05, 0.1) is 12.6 Å². The summed E-state index contributed by atoms with van der Waals surface area (Å²) in [5, 5.41) is 12.6. The highest BCUT2D eigenvalue weighted by molar-refractivity contribution is 8.00. The minimum absolute atomic E-state index is 0.0872. The summed E-state index contributed by atoms with van der Waals surface area (Å²) in [7, 11) is 0. The van der Waals surface area contributed by atoms with Crippen molar-refractivity contribution in [2.24, 2.45) is 0 Å². The molecule has 0 saturated heterocycles. The van der Waals surface area contributed by atoms with Crippen LogP contribution in [0.1, 0.15) is 31.9 Å². The Kier molecular flexibility index (Phi) is 6.16. The lowest BCUT2D eigenvalue weighted by molar-refractivity contribution is -0.0328. The van der Waals surface area contributed by atoms with E-state index in [1.165, 1.54) is 12.1 Å². The molecule has 0 aliphatic rings. The summed E-state index contributed by atoms with van der Waals surface area (Å²) in [4.78, 5) is 0.150. The molecule has 1 rings (SSSR count). The second-order valence-corrected chi connectivity index (χ2v) is 5.47. The molecule has 1 aromatic rings. The second kappa shape index (κ2) is 7.17. The van der Waals surface area contributed by atoms with Crippen LogP contribution in [0.4, 0.5) is 13.2 Å². The van der Waals surface area contributed by atoms with Gasteiger partial charge in [0.1, 0.15) is 0 Å². The molecular weight excluding hydrogens is 275 g/mol. The molecule has 0 saturated carbocycles. The van der Waals surface area contributed by atoms with Gasteiger partial charge in [0.25, 0.3) is 0 Å². The van der Waals surface area contributed by atoms with Crippen LogP contribution in [-0.4, -0.2) is 23.3 Å². The zero-order valence-corrected chi connectivity index (χ0v) is 11.7. The van der Waals surface area contributed by atoms with Crippen LogP contribution in [0, 0.1) is 0 Å². The second-order valence-electron chi connectivity index (χ2n) is 4.33. The lowest BCUT2D eigenvalue weighted by Crippen LogP contribution is -2.32. The first-order valence-electron chi connectivity index (χ1n) is 6.08. The standard InChI is InChI=1S/C13H18F3NOS/c1-3-9(2)17-12(8-18)10-4-6-11(7-5-10)19-13(14,15)16/h4-7,9,12,17-18H,3,8H2,1-2H3. The van der Waals surface area contributed by atoms with Gasteiger partial charge in [-0.2, -0.15) is 13.2 Å². The van der Waals surface area contributed by atoms with E-state index in [1.807, 2.05) is 13.8 Å². The summed E-state index contributed by atoms with van der Waals surface area (Å²) in [6, 6.07) is 6.07. The van der Waals surface area contributed by atoms with Crippen LogP contribution in [0.25, 0.3) is 0 Å². The van der Waals surface area contributed by atoms with Gasteiger partial charge in [0, 0.05) is 10.9 Å². The molecule has 2 nitrogen and oxygen atoms in total. The molecule has 19 heavy (non-hydrogen) atoms. The van der Waals surface area contributed by atoms with Crippen LogP contribution in [0.5, 0.6) is 0 Å². The van der Waals surface area contributed by atoms with Crippen molar-refractivity contribution >= 4 is 11.8 Å². The number of hydrogen-bond acceptors (Lipinski definition) is 3. The fourth-order valence-electron chi connectivity index (χ4n) is 1.62. The number of thioether (sulfide) groups is 1. The highest BCUT2D eigenvalue weighted by atomic mass is 32.2. The predicted molar refractivity (Wildman–Crippen MR) is 71.1 cm³/mol. The summed E-state index contributed by atoms with van der Waals surface area (Å²) < 4.78 is 36.6. The first kappa shape index (κ1) is 16.3. The van der Waals surface area contributed by atoms with Gasteiger partial charge >= 0.3 is 5.51 Å². The minimum atomic E-state index is -4.27. The molecule has 2 N–H and O–H groups in total. The molecule has 2 atom stereocenters. The van der Waals surface area contributed by atoms with E-state index in [4.69, 9.17) is 0 Å². The van der Waals surface area contributed by atoms with E-state index in [0.717, 1.165) is 12.0 Å². The molecule has 0 aliphatic carbocycles. The van der Waals surface area contributed by atoms with Gasteiger partial charge in [0.2, 0.25) is 0 Å². The molecule has 0 aliphatic heterocycles. The summed E-state index contributed by atoms with van der Waals surface area (Å²) >= 11 is -0.136. The average Bonchev–Trinajstić information content (AvgIpc) is 2.35. The van der Waals surface area contributed by atoms with E-state index < -0.39 is 5.51 Å². The maximum Gasteiger partial charge on any atom is 0.446 e. The molecule has 0 fully saturated rings. The SMILES string of the molecule is CCC(C)NC(CO)c1ccc(SC(F)(F)F)cc1. The van der Waals surface area contributed by atoms with E-state index in [0.29, 0.717) is 0 Å². The third kappa shape index (κ3) is 5.84. The van der Waals surface area contributed by atoms with Gasteiger partial charge < -0.3 is 10.4 Å². The molecule has 6 heteroatoms. The number of rotatable bonds is 6. The van der Waals surface area contributed by atoms with Crippen LogP contribution in [0.3, 0.4) is 0 Å². The van der Waals surface area contributed by atoms with Crippen LogP contribution >= 0.6 is 11.8 Å². The third-order valence-electron chi connectivity index (χ3n) is 2.80. The molecule has 0 spiro atoms. The topological polar surface area (TPSA) is 32.3 Å². The Bertz CT molecular complexity index is 380. The Labute approximate surface area is 115 Å². The quantitative estimate of drug-likeness (QED) is 0.784. The van der Waals surface area contributed by atoms with Crippen molar-refractivity contribution in [1.29, 1.82) is 0 Å². The Balaban J connectivity index is 2.73. The van der Waals surface area contributed by atoms with E-state index in [2.05, 4.69) is 5.32 Å². The van der Waals surface area contributed by atoms with Crippen molar-refractivity contribution in [2.45, 2.75) is 42.8 Å². The number of hydrogen-bond donors (Lipinski definition) is 2. The number of halogens is 3. The average molecular weight is 293 g/mol. The zero-order chi connectivity index (χ0) is 14.5. The van der Waals surface area contributed by atoms with Gasteiger partial charge in [-0.3, -0.25) is 0 Å². The molecule has 0 amide bonds. The maximum absolute atomic E-state index is 12.2. The smallest absolute Gasteiger partial charge is 0.394 e. The van der Waals surface area contributed by atoms with Crippen molar-refractivity contribution in [3.05, 3.63) is 29.8 Å². The predicted octanol–water partition coefficient (Wildman–Crippen LogP) is 3.72. The van der Waals surface area contributed by atoms with Gasteiger partial charge in [-0.25, -0.2) is 0 Å². The molecule has 0 heterocycles. The molecule has 2 unspecified atom stereocenters. The molecular formula is C13H18F3NOS. The Morgan fingerprint density at radius 3 is 2.26 bits per heavy atom. The number of aliphatic hydroxyl groups is 1. The molecule has 0 radical (unpaired) electrons. The largest absolute Gasteiger partial charge is 0.446 e. The third-order valence-corrected chi connectivity index (χ3v) is 3.54. The molecule has 0 bridgehead atoms. The van der Waals surface area contributed by atoms with Crippen molar-refractivity contribution < 1.29 is 18.3 Å². The van der Waals surface area contributed by atoms with Gasteiger partial charge in [-0.05, 0) is 42.8 Å². The lowest BCUT2D eigenvalue weighted by Gasteiger charge is -2.21. The summed E-state index contributed by atoms with van der Waals surface area (Å²) in [5.41, 5.74) is -3.48. The lowest BCUT2D eigenvalue weighted by atomic mass is 10.1. The van der Waals surface area contributed by atoms with Crippen LogP contribution in [0.15, 0.2) is 29.2 Å². The Hall–Kier alpha value is -0.720. The van der Waals surface area contributed by atoms with Crippen LogP contribution < -0.4 is 5.32 Å². The normalized spacial score (nSPS) is 15.3. The number of alkyl halides is 3. The first-order chi connectivity index (χ1) is 8.85. The number of benzene rings is 1. The Morgan fingerprint density at radius 2 is 1.84 bits per heavy atom. The van der Waals surface area contributed by atoms with Crippen LogP contribution in [0.2, 0.25) is 0 Å². The number of nitrogens with one attached hydrogen (secondary N) is 1. The fraction of sp³-hybridized carbons (Fsp3) is 0.538. The first-order valence-corrected chi connectivity index (χ1v) is 6.90. The summed E-state index contributed by atoms with van der Waals surface area (Å²) in [6.07, 6.45) is 0.915. The van der Waals surface area contributed by atoms with E-state index >= 15 is 0 Å². The molecule has 1 aromatic carbocycles. The fourth-order valence-corrected chi connectivity index (χ4v) is 2.16. The zero-order valence-electron chi connectivity index (χ0n) is 10.9. The van der Waals surface area contributed by atoms with Crippen molar-refractivity contribution in [3.63, 3.8) is 0 Å². The number of aliphatic hydroxyl groups excluding tert-OH is 1. The van der Waals surface area contributed by atoms with Gasteiger partial charge in [-0.1, -0.05) is 19.1 Å². The van der Waals surface area contributed by atoms with E-state index in [1.54, 1.807) is 12.1 Å². The highest BCUT2D eigenvalue weighted by Gasteiger charge is 2.29. The van der Waals surface area contributed by atoms with Crippen LogP contribution in [-0.2, 0) is 0 Å². The monoisotopic (exact) mass is 293 g/mol. The van der Waals surface area contributed by atoms with Crippen molar-refractivity contribution in [1.82, 2.24) is 5.32 Å². The van der Waals surface area contributed by atoms with E-state index in [-0.39, 0.29) is 35.3 Å². The van der Waals surface area contributed by atoms with Crippen molar-refractivity contribution in [3.8, 4) is 0 Å². The minimum Gasteiger partial charge on any atom is -0.394 e. The van der Waals surface area contributed by atoms with Gasteiger partial charge in [-0.15, -0.1) is 0 Å². The highest BCUT2D eigenvalue weighted by Crippen LogP contribution is 2.37. The molecule has 0 aromatic heterocycles. The summed E-state index contributed by atoms with van der Waals surface area (Å²) in [5.74, 6) is 0. The van der Waals surface area contributed by atoms with Gasteiger partial charge in [0.15, 0.2) is 0 Å². The Morgan fingerprint density at radius 1 is 1.26 bits per heavy atom. The summed E-state index contributed by atoms with van der Waals surface area (Å²) in [6.45, 7) is 3.93.